The molecule has 0 aromatic carbocycles. The lowest BCUT2D eigenvalue weighted by Crippen LogP contribution is -2.61. The van der Waals surface area contributed by atoms with Gasteiger partial charge in [0, 0.05) is 26.7 Å². The second-order valence-electron chi connectivity index (χ2n) is 10.6. The van der Waals surface area contributed by atoms with E-state index >= 15 is 0 Å². The molecule has 0 radical (unpaired) electrons. The Kier molecular flexibility index (Phi) is 12.3. The van der Waals surface area contributed by atoms with Crippen molar-refractivity contribution in [2.75, 3.05) is 0 Å². The van der Waals surface area contributed by atoms with Crippen LogP contribution in [0.1, 0.15) is 61.3 Å². The van der Waals surface area contributed by atoms with E-state index in [1.165, 1.54) is 26.8 Å². The van der Waals surface area contributed by atoms with Crippen LogP contribution in [0.5, 0.6) is 0 Å². The molecule has 11 nitrogen and oxygen atoms in total. The molecule has 42 heavy (non-hydrogen) atoms. The van der Waals surface area contributed by atoms with E-state index in [9.17, 15) is 28.8 Å². The molecule has 0 saturated carbocycles. The van der Waals surface area contributed by atoms with Gasteiger partial charge in [0.15, 0.2) is 11.3 Å². The molecule has 230 valence electrons. The number of esters is 2. The molecule has 1 aliphatic carbocycles. The molecule has 0 spiro atoms. The van der Waals surface area contributed by atoms with Crippen LogP contribution in [0, 0.1) is 11.3 Å². The summed E-state index contributed by atoms with van der Waals surface area (Å²) in [6, 6.07) is -1.26. The highest BCUT2D eigenvalue weighted by molar-refractivity contribution is 6.35. The van der Waals surface area contributed by atoms with Gasteiger partial charge in [0.05, 0.1) is 12.0 Å². The Morgan fingerprint density at radius 3 is 2.26 bits per heavy atom. The van der Waals surface area contributed by atoms with Crippen molar-refractivity contribution in [1.29, 1.82) is 0 Å². The highest BCUT2D eigenvalue weighted by Crippen LogP contribution is 2.38. The molecule has 3 aliphatic rings. The van der Waals surface area contributed by atoms with Crippen LogP contribution in [0.3, 0.4) is 0 Å². The summed E-state index contributed by atoms with van der Waals surface area (Å²) in [5, 5.41) is 2.48. The number of Topliss-reactive ketones (excluding diaryl/α,β-unsaturated/α-hetero) is 2. The predicted molar refractivity (Wildman–Crippen MR) is 152 cm³/mol. The number of allylic oxidation sites excluding steroid dienone is 4. The third kappa shape index (κ3) is 9.40. The minimum absolute atomic E-state index is 0.00711. The standard InChI is InChI=1S/C30H38ClNO10/c1-16-8-11-22(41-29(38)39-20(5)31)12-10-17(2)14-25(32-27(36)19(4)33)30(7)26(35)18(3)24(42-28(30)37)15-23(13-9-16)40-21(6)34/h8-10,12-14,18,20,22-25H,11,15H2,1-7H3,(H,32,36)/b12-10-,13-9-,16-8-,17-14-/t18-,20?,22+,23-,24-,25-,30+/m1/s1. The molecule has 2 aliphatic heterocycles. The molecular weight excluding hydrogens is 570 g/mol. The van der Waals surface area contributed by atoms with Crippen LogP contribution in [0.2, 0.25) is 0 Å². The minimum Gasteiger partial charge on any atom is -0.461 e. The number of amides is 1. The maximum atomic E-state index is 13.8. The second-order valence-corrected chi connectivity index (χ2v) is 11.2. The fraction of sp³-hybridized carbons (Fsp3) is 0.533. The van der Waals surface area contributed by atoms with Crippen LogP contribution in [0.25, 0.3) is 0 Å². The lowest BCUT2D eigenvalue weighted by molar-refractivity contribution is -0.182. The van der Waals surface area contributed by atoms with E-state index in [2.05, 4.69) is 5.32 Å². The lowest BCUT2D eigenvalue weighted by atomic mass is 9.69. The summed E-state index contributed by atoms with van der Waals surface area (Å²) in [4.78, 5) is 75.5. The highest BCUT2D eigenvalue weighted by Gasteiger charge is 2.56. The van der Waals surface area contributed by atoms with Gasteiger partial charge in [-0.3, -0.25) is 24.0 Å². The quantitative estimate of drug-likeness (QED) is 0.159. The Morgan fingerprint density at radius 1 is 1.05 bits per heavy atom. The first-order valence-corrected chi connectivity index (χ1v) is 13.9. The van der Waals surface area contributed by atoms with E-state index < -0.39 is 76.8 Å². The number of ketones is 2. The number of carbonyl (C=O) groups excluding carboxylic acids is 6. The van der Waals surface area contributed by atoms with E-state index in [4.69, 9.17) is 30.5 Å². The molecule has 0 aromatic heterocycles. The number of hydrogen-bond acceptors (Lipinski definition) is 10. The van der Waals surface area contributed by atoms with Gasteiger partial charge in [-0.1, -0.05) is 54.0 Å². The number of halogens is 1. The summed E-state index contributed by atoms with van der Waals surface area (Å²) in [6.45, 7) is 10.1. The van der Waals surface area contributed by atoms with E-state index in [1.54, 1.807) is 51.2 Å². The maximum absolute atomic E-state index is 13.8. The first kappa shape index (κ1) is 34.5. The molecular formula is C30H38ClNO10. The second kappa shape index (κ2) is 14.9. The first-order valence-electron chi connectivity index (χ1n) is 13.5. The van der Waals surface area contributed by atoms with E-state index in [0.29, 0.717) is 5.57 Å². The number of nitrogens with one attached hydrogen (secondary N) is 1. The average molecular weight is 608 g/mol. The van der Waals surface area contributed by atoms with Gasteiger partial charge in [0.2, 0.25) is 5.78 Å². The van der Waals surface area contributed by atoms with Gasteiger partial charge in [0.1, 0.15) is 23.7 Å². The maximum Gasteiger partial charge on any atom is 0.510 e. The van der Waals surface area contributed by atoms with E-state index in [-0.39, 0.29) is 12.8 Å². The molecule has 1 saturated heterocycles. The van der Waals surface area contributed by atoms with Crippen molar-refractivity contribution >= 4 is 47.2 Å². The molecule has 3 rings (SSSR count). The molecule has 12 heteroatoms. The third-order valence-corrected chi connectivity index (χ3v) is 7.02. The van der Waals surface area contributed by atoms with Crippen molar-refractivity contribution in [3.63, 3.8) is 0 Å². The zero-order valence-electron chi connectivity index (χ0n) is 24.8. The van der Waals surface area contributed by atoms with Crippen LogP contribution in [0.15, 0.2) is 47.6 Å². The van der Waals surface area contributed by atoms with Crippen molar-refractivity contribution < 1.29 is 47.7 Å². The number of alkyl halides is 1. The molecule has 2 heterocycles. The monoisotopic (exact) mass is 607 g/mol. The molecule has 0 aromatic rings. The zero-order valence-corrected chi connectivity index (χ0v) is 25.6. The van der Waals surface area contributed by atoms with Gasteiger partial charge < -0.3 is 24.3 Å². The van der Waals surface area contributed by atoms with Crippen LogP contribution in [-0.4, -0.2) is 65.5 Å². The van der Waals surface area contributed by atoms with Crippen molar-refractivity contribution in [1.82, 2.24) is 5.32 Å². The van der Waals surface area contributed by atoms with Crippen LogP contribution >= 0.6 is 11.6 Å². The average Bonchev–Trinajstić information content (AvgIpc) is 2.88. The van der Waals surface area contributed by atoms with Gasteiger partial charge >= 0.3 is 18.1 Å². The van der Waals surface area contributed by atoms with Gasteiger partial charge in [-0.2, -0.15) is 0 Å². The summed E-state index contributed by atoms with van der Waals surface area (Å²) >= 11 is 5.73. The number of ether oxygens (including phenoxy) is 4. The Hall–Kier alpha value is -3.73. The van der Waals surface area contributed by atoms with Crippen molar-refractivity contribution in [2.24, 2.45) is 11.3 Å². The lowest BCUT2D eigenvalue weighted by Gasteiger charge is -2.42. The minimum atomic E-state index is -1.88. The summed E-state index contributed by atoms with van der Waals surface area (Å²) in [5.74, 6) is -4.62. The van der Waals surface area contributed by atoms with E-state index in [0.717, 1.165) is 12.5 Å². The summed E-state index contributed by atoms with van der Waals surface area (Å²) in [7, 11) is 0. The third-order valence-electron chi connectivity index (χ3n) is 6.93. The largest absolute Gasteiger partial charge is 0.510 e. The molecule has 2 bridgehead atoms. The van der Waals surface area contributed by atoms with Crippen molar-refractivity contribution in [2.45, 2.75) is 91.2 Å². The molecule has 1 fully saturated rings. The Bertz CT molecular complexity index is 1220. The summed E-state index contributed by atoms with van der Waals surface area (Å²) in [5.41, 5.74) is -1.58. The van der Waals surface area contributed by atoms with Crippen molar-refractivity contribution in [3.8, 4) is 0 Å². The SMILES string of the molecule is CC(=O)O[C@@H]1/C=C\C(C)=C/C[C@H](OC(=O)OC(C)Cl)/C=C\C(C)=C/[C@@H](NC(=O)C(C)=O)[C@]2(C)C(=O)O[C@H](C1)[C@@H](C)C2=O. The molecule has 1 amide bonds. The van der Waals surface area contributed by atoms with Gasteiger partial charge in [-0.05, 0) is 39.8 Å². The number of hydrogen-bond donors (Lipinski definition) is 1. The summed E-state index contributed by atoms with van der Waals surface area (Å²) in [6.07, 6.45) is 6.38. The molecule has 1 N–H and O–H groups in total. The topological polar surface area (TPSA) is 151 Å². The number of carbonyl (C=O) groups is 6. The van der Waals surface area contributed by atoms with Gasteiger partial charge in [-0.15, -0.1) is 0 Å². The Balaban J connectivity index is 2.65. The Labute approximate surface area is 250 Å². The van der Waals surface area contributed by atoms with Crippen LogP contribution in [-0.2, 0) is 42.9 Å². The fourth-order valence-corrected chi connectivity index (χ4v) is 4.57. The van der Waals surface area contributed by atoms with Gasteiger partial charge in [-0.25, -0.2) is 4.79 Å². The summed E-state index contributed by atoms with van der Waals surface area (Å²) < 4.78 is 21.4. The smallest absolute Gasteiger partial charge is 0.461 e. The van der Waals surface area contributed by atoms with E-state index in [1.807, 2.05) is 0 Å². The van der Waals surface area contributed by atoms with Gasteiger partial charge in [0.25, 0.3) is 5.91 Å². The predicted octanol–water partition coefficient (Wildman–Crippen LogP) is 4.03. The van der Waals surface area contributed by atoms with Crippen LogP contribution < -0.4 is 5.32 Å². The fourth-order valence-electron chi connectivity index (χ4n) is 4.50. The zero-order chi connectivity index (χ0) is 31.8. The molecule has 1 unspecified atom stereocenters. The Morgan fingerprint density at radius 2 is 1.67 bits per heavy atom. The normalized spacial score (nSPS) is 33.3. The molecule has 7 atom stereocenters. The highest BCUT2D eigenvalue weighted by atomic mass is 35.5. The van der Waals surface area contributed by atoms with Crippen LogP contribution in [0.4, 0.5) is 4.79 Å². The number of fused-ring (bicyclic) bond motifs is 10. The number of rotatable bonds is 5. The first-order chi connectivity index (χ1) is 19.5. The van der Waals surface area contributed by atoms with Crippen molar-refractivity contribution in [3.05, 3.63) is 47.6 Å².